The summed E-state index contributed by atoms with van der Waals surface area (Å²) in [4.78, 5) is 29.7. The highest BCUT2D eigenvalue weighted by Crippen LogP contribution is 2.38. The van der Waals surface area contributed by atoms with Crippen LogP contribution >= 0.6 is 11.8 Å². The Morgan fingerprint density at radius 2 is 2.00 bits per heavy atom. The minimum absolute atomic E-state index is 0.0509. The summed E-state index contributed by atoms with van der Waals surface area (Å²) in [7, 11) is 0. The van der Waals surface area contributed by atoms with Gasteiger partial charge in [0.1, 0.15) is 5.82 Å². The standard InChI is InChI=1S/C24H24N4O3S/c1-3-13-25-22(29)24(11-14-31-15-12-24)18-5-4-6-21(16-18)32-20-9-7-19(8-10-20)28-23(30)26-17(2)27-28/h1,4-10,16H,11-15H2,2H3,(H,25,29)(H,26,27,30). The number of hydrogen-bond donors (Lipinski definition) is 2. The van der Waals surface area contributed by atoms with Crippen LogP contribution in [-0.4, -0.2) is 40.4 Å². The summed E-state index contributed by atoms with van der Waals surface area (Å²) in [5.74, 6) is 2.99. The second-order valence-electron chi connectivity index (χ2n) is 7.63. The average molecular weight is 449 g/mol. The molecule has 1 fully saturated rings. The second kappa shape index (κ2) is 9.47. The van der Waals surface area contributed by atoms with Crippen molar-refractivity contribution >= 4 is 17.7 Å². The zero-order valence-corrected chi connectivity index (χ0v) is 18.6. The first-order chi connectivity index (χ1) is 15.5. The molecular formula is C24H24N4O3S. The molecule has 164 valence electrons. The Balaban J connectivity index is 1.57. The van der Waals surface area contributed by atoms with E-state index in [0.29, 0.717) is 37.6 Å². The van der Waals surface area contributed by atoms with E-state index in [-0.39, 0.29) is 18.1 Å². The molecule has 0 saturated carbocycles. The van der Waals surface area contributed by atoms with E-state index in [0.717, 1.165) is 15.4 Å². The number of ether oxygens (including phenoxy) is 1. The van der Waals surface area contributed by atoms with Gasteiger partial charge in [-0.3, -0.25) is 9.78 Å². The van der Waals surface area contributed by atoms with Crippen molar-refractivity contribution in [1.29, 1.82) is 0 Å². The maximum atomic E-state index is 13.0. The summed E-state index contributed by atoms with van der Waals surface area (Å²) in [6, 6.07) is 15.7. The number of rotatable bonds is 6. The number of nitrogens with zero attached hydrogens (tertiary/aromatic N) is 2. The molecule has 3 aromatic rings. The molecule has 0 radical (unpaired) electrons. The Bertz CT molecular complexity index is 1200. The van der Waals surface area contributed by atoms with Crippen molar-refractivity contribution in [3.05, 3.63) is 70.4 Å². The van der Waals surface area contributed by atoms with E-state index >= 15 is 0 Å². The summed E-state index contributed by atoms with van der Waals surface area (Å²) in [5.41, 5.74) is 0.758. The van der Waals surface area contributed by atoms with Gasteiger partial charge in [-0.25, -0.2) is 4.79 Å². The van der Waals surface area contributed by atoms with Crippen LogP contribution < -0.4 is 11.0 Å². The normalized spacial score (nSPS) is 15.1. The number of terminal acetylenes is 1. The van der Waals surface area contributed by atoms with Crippen molar-refractivity contribution in [1.82, 2.24) is 20.1 Å². The lowest BCUT2D eigenvalue weighted by molar-refractivity contribution is -0.130. The SMILES string of the molecule is C#CCNC(=O)C1(c2cccc(Sc3ccc(-n4nc(C)[nH]c4=O)cc3)c2)CCOCC1. The number of aromatic amines is 1. The lowest BCUT2D eigenvalue weighted by Crippen LogP contribution is -2.48. The first kappa shape index (κ1) is 21.9. The van der Waals surface area contributed by atoms with Gasteiger partial charge in [-0.2, -0.15) is 9.78 Å². The Labute approximate surface area is 190 Å². The number of aromatic nitrogens is 3. The molecular weight excluding hydrogens is 424 g/mol. The Kier molecular flexibility index (Phi) is 6.49. The molecule has 0 bridgehead atoms. The molecule has 0 atom stereocenters. The van der Waals surface area contributed by atoms with Crippen LogP contribution in [0.3, 0.4) is 0 Å². The summed E-state index contributed by atoms with van der Waals surface area (Å²) in [5, 5.41) is 7.05. The Morgan fingerprint density at radius 3 is 2.66 bits per heavy atom. The van der Waals surface area contributed by atoms with Gasteiger partial charge in [-0.1, -0.05) is 29.8 Å². The molecule has 1 aromatic heterocycles. The van der Waals surface area contributed by atoms with Gasteiger partial charge in [0.05, 0.1) is 17.6 Å². The number of amides is 1. The monoisotopic (exact) mass is 448 g/mol. The first-order valence-electron chi connectivity index (χ1n) is 10.4. The van der Waals surface area contributed by atoms with E-state index in [2.05, 4.69) is 27.4 Å². The van der Waals surface area contributed by atoms with Gasteiger partial charge in [-0.15, -0.1) is 6.42 Å². The van der Waals surface area contributed by atoms with Crippen LogP contribution in [0.1, 0.15) is 24.2 Å². The van der Waals surface area contributed by atoms with Crippen LogP contribution in [0, 0.1) is 19.3 Å². The highest BCUT2D eigenvalue weighted by molar-refractivity contribution is 7.99. The predicted molar refractivity (Wildman–Crippen MR) is 123 cm³/mol. The fourth-order valence-electron chi connectivity index (χ4n) is 3.92. The van der Waals surface area contributed by atoms with Gasteiger partial charge in [-0.05, 0) is 61.7 Å². The van der Waals surface area contributed by atoms with Crippen LogP contribution in [0.25, 0.3) is 5.69 Å². The van der Waals surface area contributed by atoms with Crippen molar-refractivity contribution in [2.24, 2.45) is 0 Å². The van der Waals surface area contributed by atoms with E-state index in [4.69, 9.17) is 11.2 Å². The van der Waals surface area contributed by atoms with E-state index < -0.39 is 5.41 Å². The topological polar surface area (TPSA) is 89.0 Å². The first-order valence-corrected chi connectivity index (χ1v) is 11.2. The number of carbonyl (C=O) groups excluding carboxylic acids is 1. The maximum absolute atomic E-state index is 13.0. The molecule has 4 rings (SSSR count). The lowest BCUT2D eigenvalue weighted by Gasteiger charge is -2.36. The molecule has 7 nitrogen and oxygen atoms in total. The minimum atomic E-state index is -0.644. The molecule has 2 N–H and O–H groups in total. The fourth-order valence-corrected chi connectivity index (χ4v) is 4.80. The third-order valence-corrected chi connectivity index (χ3v) is 6.56. The minimum Gasteiger partial charge on any atom is -0.381 e. The summed E-state index contributed by atoms with van der Waals surface area (Å²) in [6.07, 6.45) is 6.57. The average Bonchev–Trinajstić information content (AvgIpc) is 3.16. The van der Waals surface area contributed by atoms with Crippen LogP contribution in [0.2, 0.25) is 0 Å². The van der Waals surface area contributed by atoms with Crippen molar-refractivity contribution in [3.8, 4) is 18.0 Å². The van der Waals surface area contributed by atoms with Gasteiger partial charge in [0.2, 0.25) is 5.91 Å². The summed E-state index contributed by atoms with van der Waals surface area (Å²) >= 11 is 1.60. The molecule has 1 aliphatic rings. The van der Waals surface area contributed by atoms with E-state index in [1.165, 1.54) is 4.68 Å². The molecule has 0 unspecified atom stereocenters. The van der Waals surface area contributed by atoms with E-state index in [9.17, 15) is 9.59 Å². The fraction of sp³-hybridized carbons (Fsp3) is 0.292. The third kappa shape index (κ3) is 4.49. The molecule has 8 heteroatoms. The Morgan fingerprint density at radius 1 is 1.25 bits per heavy atom. The Hall–Kier alpha value is -3.28. The highest BCUT2D eigenvalue weighted by Gasteiger charge is 2.41. The van der Waals surface area contributed by atoms with Gasteiger partial charge in [0, 0.05) is 23.0 Å². The molecule has 1 saturated heterocycles. The maximum Gasteiger partial charge on any atom is 0.348 e. The zero-order chi connectivity index (χ0) is 22.6. The zero-order valence-electron chi connectivity index (χ0n) is 17.8. The number of nitrogens with one attached hydrogen (secondary N) is 2. The van der Waals surface area contributed by atoms with Gasteiger partial charge in [0.25, 0.3) is 0 Å². The van der Waals surface area contributed by atoms with E-state index in [1.54, 1.807) is 18.7 Å². The van der Waals surface area contributed by atoms with Crippen LogP contribution in [0.15, 0.2) is 63.1 Å². The molecule has 2 heterocycles. The van der Waals surface area contributed by atoms with Gasteiger partial charge < -0.3 is 10.1 Å². The van der Waals surface area contributed by atoms with Crippen LogP contribution in [-0.2, 0) is 14.9 Å². The highest BCUT2D eigenvalue weighted by atomic mass is 32.2. The van der Waals surface area contributed by atoms with E-state index in [1.807, 2.05) is 42.5 Å². The molecule has 0 spiro atoms. The number of carbonyl (C=O) groups is 1. The van der Waals surface area contributed by atoms with Crippen LogP contribution in [0.5, 0.6) is 0 Å². The quantitative estimate of drug-likeness (QED) is 0.566. The number of aryl methyl sites for hydroxylation is 1. The van der Waals surface area contributed by atoms with Crippen molar-refractivity contribution in [2.45, 2.75) is 35.0 Å². The van der Waals surface area contributed by atoms with Crippen molar-refractivity contribution in [2.75, 3.05) is 19.8 Å². The van der Waals surface area contributed by atoms with Gasteiger partial charge in [0.15, 0.2) is 0 Å². The largest absolute Gasteiger partial charge is 0.381 e. The smallest absolute Gasteiger partial charge is 0.348 e. The van der Waals surface area contributed by atoms with Crippen molar-refractivity contribution in [3.63, 3.8) is 0 Å². The third-order valence-electron chi connectivity index (χ3n) is 5.57. The van der Waals surface area contributed by atoms with Crippen LogP contribution in [0.4, 0.5) is 0 Å². The molecule has 1 aliphatic heterocycles. The summed E-state index contributed by atoms with van der Waals surface area (Å²) in [6.45, 7) is 3.02. The second-order valence-corrected chi connectivity index (χ2v) is 8.78. The number of hydrogen-bond acceptors (Lipinski definition) is 5. The van der Waals surface area contributed by atoms with Gasteiger partial charge >= 0.3 is 5.69 Å². The molecule has 0 aliphatic carbocycles. The molecule has 2 aromatic carbocycles. The molecule has 1 amide bonds. The predicted octanol–water partition coefficient (Wildman–Crippen LogP) is 2.82. The number of H-pyrrole nitrogens is 1. The molecule has 32 heavy (non-hydrogen) atoms. The summed E-state index contributed by atoms with van der Waals surface area (Å²) < 4.78 is 6.87. The number of benzene rings is 2. The van der Waals surface area contributed by atoms with Crippen molar-refractivity contribution < 1.29 is 9.53 Å². The lowest BCUT2D eigenvalue weighted by atomic mass is 9.73.